The molecule has 23 heavy (non-hydrogen) atoms. The first kappa shape index (κ1) is 15.1. The molecule has 1 heterocycles. The average Bonchev–Trinajstić information content (AvgIpc) is 2.53. The lowest BCUT2D eigenvalue weighted by Crippen LogP contribution is -2.19. The Bertz CT molecular complexity index is 822. The minimum atomic E-state index is -4.42. The summed E-state index contributed by atoms with van der Waals surface area (Å²) in [6, 6.07) is 13.3. The zero-order valence-corrected chi connectivity index (χ0v) is 11.7. The maximum atomic E-state index is 12.3. The maximum absolute atomic E-state index is 12.3. The summed E-state index contributed by atoms with van der Waals surface area (Å²) in [7, 11) is 0. The largest absolute Gasteiger partial charge is 0.480 e. The van der Waals surface area contributed by atoms with Crippen molar-refractivity contribution >= 4 is 11.0 Å². The Balaban J connectivity index is 1.83. The van der Waals surface area contributed by atoms with Crippen LogP contribution in [0.15, 0.2) is 54.7 Å². The summed E-state index contributed by atoms with van der Waals surface area (Å²) in [5.41, 5.74) is 1.32. The van der Waals surface area contributed by atoms with E-state index in [2.05, 4.69) is 9.97 Å². The van der Waals surface area contributed by atoms with Crippen molar-refractivity contribution in [3.8, 4) is 17.4 Å². The molecule has 0 radical (unpaired) electrons. The molecule has 3 rings (SSSR count). The quantitative estimate of drug-likeness (QED) is 0.716. The van der Waals surface area contributed by atoms with Gasteiger partial charge in [-0.05, 0) is 24.3 Å². The van der Waals surface area contributed by atoms with Gasteiger partial charge in [-0.1, -0.05) is 24.3 Å². The first-order valence-corrected chi connectivity index (χ1v) is 6.69. The molecule has 3 aromatic rings. The molecular formula is C16H11F3N2O2. The zero-order valence-electron chi connectivity index (χ0n) is 11.7. The Hall–Kier alpha value is -2.83. The lowest BCUT2D eigenvalue weighted by molar-refractivity contribution is -0.153. The Morgan fingerprint density at radius 1 is 0.870 bits per heavy atom. The molecule has 0 spiro atoms. The van der Waals surface area contributed by atoms with Crippen LogP contribution in [0.5, 0.6) is 17.4 Å². The third kappa shape index (κ3) is 3.88. The highest BCUT2D eigenvalue weighted by molar-refractivity contribution is 5.74. The van der Waals surface area contributed by atoms with E-state index >= 15 is 0 Å². The van der Waals surface area contributed by atoms with Gasteiger partial charge in [0.1, 0.15) is 0 Å². The van der Waals surface area contributed by atoms with Crippen LogP contribution in [0, 0.1) is 0 Å². The summed E-state index contributed by atoms with van der Waals surface area (Å²) in [4.78, 5) is 8.44. The van der Waals surface area contributed by atoms with Gasteiger partial charge in [-0.25, -0.2) is 9.97 Å². The van der Waals surface area contributed by atoms with Crippen molar-refractivity contribution in [2.45, 2.75) is 6.18 Å². The standard InChI is InChI=1S/C16H11F3N2O2/c17-16(18,19)10-22-13-7-3-4-8-14(13)23-15-9-20-11-5-1-2-6-12(11)21-15/h1-9H,10H2. The molecule has 0 amide bonds. The molecule has 118 valence electrons. The number of benzene rings is 2. The molecule has 7 heteroatoms. The number of hydrogen-bond acceptors (Lipinski definition) is 4. The smallest absolute Gasteiger partial charge is 0.422 e. The lowest BCUT2D eigenvalue weighted by atomic mass is 10.3. The Labute approximate surface area is 129 Å². The maximum Gasteiger partial charge on any atom is 0.422 e. The summed E-state index contributed by atoms with van der Waals surface area (Å²) in [6.07, 6.45) is -3.02. The molecule has 0 aliphatic heterocycles. The number of halogens is 3. The number of fused-ring (bicyclic) bond motifs is 1. The van der Waals surface area contributed by atoms with Crippen LogP contribution in [-0.2, 0) is 0 Å². The molecule has 1 aromatic heterocycles. The van der Waals surface area contributed by atoms with E-state index in [1.807, 2.05) is 6.07 Å². The summed E-state index contributed by atoms with van der Waals surface area (Å²) in [5, 5.41) is 0. The van der Waals surface area contributed by atoms with Crippen molar-refractivity contribution in [1.82, 2.24) is 9.97 Å². The monoisotopic (exact) mass is 320 g/mol. The molecule has 0 aliphatic carbocycles. The molecule has 0 fully saturated rings. The Morgan fingerprint density at radius 3 is 2.26 bits per heavy atom. The van der Waals surface area contributed by atoms with Crippen LogP contribution in [0.3, 0.4) is 0 Å². The molecule has 4 nitrogen and oxygen atoms in total. The summed E-state index contributed by atoms with van der Waals surface area (Å²) in [5.74, 6) is 0.299. The van der Waals surface area contributed by atoms with Gasteiger partial charge in [0, 0.05) is 0 Å². The number of hydrogen-bond donors (Lipinski definition) is 0. The minimum Gasteiger partial charge on any atom is -0.480 e. The first-order valence-electron chi connectivity index (χ1n) is 6.69. The average molecular weight is 320 g/mol. The molecule has 0 saturated carbocycles. The fourth-order valence-electron chi connectivity index (χ4n) is 1.92. The van der Waals surface area contributed by atoms with Gasteiger partial charge in [-0.3, -0.25) is 0 Å². The van der Waals surface area contributed by atoms with Gasteiger partial charge in [0.05, 0.1) is 17.2 Å². The van der Waals surface area contributed by atoms with Crippen molar-refractivity contribution in [2.24, 2.45) is 0 Å². The van der Waals surface area contributed by atoms with E-state index in [1.54, 1.807) is 30.3 Å². The van der Waals surface area contributed by atoms with Crippen LogP contribution in [0.1, 0.15) is 0 Å². The second kappa shape index (κ2) is 6.12. The topological polar surface area (TPSA) is 44.2 Å². The molecule has 0 aliphatic rings. The van der Waals surface area contributed by atoms with Gasteiger partial charge in [-0.2, -0.15) is 13.2 Å². The van der Waals surface area contributed by atoms with E-state index in [0.29, 0.717) is 11.0 Å². The Morgan fingerprint density at radius 2 is 1.52 bits per heavy atom. The van der Waals surface area contributed by atoms with E-state index in [1.165, 1.54) is 18.3 Å². The number of para-hydroxylation sites is 4. The van der Waals surface area contributed by atoms with E-state index in [0.717, 1.165) is 0 Å². The molecule has 2 aromatic carbocycles. The normalized spacial score (nSPS) is 11.4. The number of aromatic nitrogens is 2. The summed E-state index contributed by atoms with van der Waals surface area (Å²) >= 11 is 0. The van der Waals surface area contributed by atoms with Crippen molar-refractivity contribution in [1.29, 1.82) is 0 Å². The van der Waals surface area contributed by atoms with Crippen LogP contribution < -0.4 is 9.47 Å². The first-order chi connectivity index (χ1) is 11.0. The lowest BCUT2D eigenvalue weighted by Gasteiger charge is -2.13. The van der Waals surface area contributed by atoms with E-state index < -0.39 is 12.8 Å². The van der Waals surface area contributed by atoms with Gasteiger partial charge in [0.15, 0.2) is 18.1 Å². The number of rotatable bonds is 4. The summed E-state index contributed by atoms with van der Waals surface area (Å²) < 4.78 is 47.1. The highest BCUT2D eigenvalue weighted by Gasteiger charge is 2.29. The van der Waals surface area contributed by atoms with E-state index in [4.69, 9.17) is 9.47 Å². The van der Waals surface area contributed by atoms with Crippen LogP contribution in [-0.4, -0.2) is 22.8 Å². The van der Waals surface area contributed by atoms with Gasteiger partial charge >= 0.3 is 6.18 Å². The van der Waals surface area contributed by atoms with Gasteiger partial charge < -0.3 is 9.47 Å². The number of alkyl halides is 3. The fourth-order valence-corrected chi connectivity index (χ4v) is 1.92. The van der Waals surface area contributed by atoms with E-state index in [-0.39, 0.29) is 17.4 Å². The second-order valence-electron chi connectivity index (χ2n) is 4.65. The molecule has 0 unspecified atom stereocenters. The predicted molar refractivity (Wildman–Crippen MR) is 77.6 cm³/mol. The molecule has 0 saturated heterocycles. The second-order valence-corrected chi connectivity index (χ2v) is 4.65. The number of ether oxygens (including phenoxy) is 2. The number of nitrogens with zero attached hydrogens (tertiary/aromatic N) is 2. The van der Waals surface area contributed by atoms with Crippen LogP contribution in [0.25, 0.3) is 11.0 Å². The minimum absolute atomic E-state index is 0.0141. The van der Waals surface area contributed by atoms with Crippen molar-refractivity contribution in [3.63, 3.8) is 0 Å². The molecule has 0 atom stereocenters. The van der Waals surface area contributed by atoms with E-state index in [9.17, 15) is 13.2 Å². The third-order valence-corrected chi connectivity index (χ3v) is 2.88. The van der Waals surface area contributed by atoms with Crippen LogP contribution >= 0.6 is 0 Å². The van der Waals surface area contributed by atoms with Gasteiger partial charge in [0.25, 0.3) is 0 Å². The predicted octanol–water partition coefficient (Wildman–Crippen LogP) is 4.36. The fraction of sp³-hybridized carbons (Fsp3) is 0.125. The highest BCUT2D eigenvalue weighted by Crippen LogP contribution is 2.31. The summed E-state index contributed by atoms with van der Waals surface area (Å²) in [6.45, 7) is -1.39. The van der Waals surface area contributed by atoms with Crippen molar-refractivity contribution in [3.05, 3.63) is 54.7 Å². The highest BCUT2D eigenvalue weighted by atomic mass is 19.4. The van der Waals surface area contributed by atoms with Gasteiger partial charge in [-0.15, -0.1) is 0 Å². The van der Waals surface area contributed by atoms with Crippen molar-refractivity contribution < 1.29 is 22.6 Å². The molecule has 0 N–H and O–H groups in total. The van der Waals surface area contributed by atoms with Crippen molar-refractivity contribution in [2.75, 3.05) is 6.61 Å². The zero-order chi connectivity index (χ0) is 16.3. The van der Waals surface area contributed by atoms with Crippen LogP contribution in [0.2, 0.25) is 0 Å². The SMILES string of the molecule is FC(F)(F)COc1ccccc1Oc1cnc2ccccc2n1. The Kier molecular flexibility index (Phi) is 4.01. The van der Waals surface area contributed by atoms with Crippen LogP contribution in [0.4, 0.5) is 13.2 Å². The third-order valence-electron chi connectivity index (χ3n) is 2.88. The van der Waals surface area contributed by atoms with Gasteiger partial charge in [0.2, 0.25) is 5.88 Å². The molecular weight excluding hydrogens is 309 g/mol. The molecule has 0 bridgehead atoms.